The highest BCUT2D eigenvalue weighted by molar-refractivity contribution is 7.99. The second-order valence-electron chi connectivity index (χ2n) is 5.44. The first-order chi connectivity index (χ1) is 11.5. The molecule has 2 aromatic carbocycles. The van der Waals surface area contributed by atoms with Crippen LogP contribution in [0.5, 0.6) is 0 Å². The van der Waals surface area contributed by atoms with Crippen LogP contribution in [0, 0.1) is 19.3 Å². The lowest BCUT2D eigenvalue weighted by atomic mass is 10.00. The summed E-state index contributed by atoms with van der Waals surface area (Å²) in [6.45, 7) is 11.9. The van der Waals surface area contributed by atoms with Crippen LogP contribution >= 0.6 is 11.8 Å². The van der Waals surface area contributed by atoms with Crippen molar-refractivity contribution in [1.82, 2.24) is 0 Å². The van der Waals surface area contributed by atoms with Crippen molar-refractivity contribution >= 4 is 41.9 Å². The third-order valence-electron chi connectivity index (χ3n) is 3.94. The number of nitrogen functional groups attached to an aromatic ring is 1. The fourth-order valence-corrected chi connectivity index (χ4v) is 3.72. The largest absolute Gasteiger partial charge is 0.397 e. The van der Waals surface area contributed by atoms with Crippen molar-refractivity contribution in [2.45, 2.75) is 23.6 Å². The highest BCUT2D eigenvalue weighted by Crippen LogP contribution is 2.39. The van der Waals surface area contributed by atoms with Gasteiger partial charge in [0.2, 0.25) is 0 Å². The fourth-order valence-electron chi connectivity index (χ4n) is 2.61. The highest BCUT2D eigenvalue weighted by atomic mass is 32.2. The van der Waals surface area contributed by atoms with Gasteiger partial charge in [0, 0.05) is 21.6 Å². The number of nitrogens with two attached hydrogens (primary N) is 1. The van der Waals surface area contributed by atoms with Crippen LogP contribution in [0.25, 0.3) is 18.2 Å². The Morgan fingerprint density at radius 2 is 1.79 bits per heavy atom. The smallest absolute Gasteiger partial charge is 0.0535 e. The molecule has 0 spiro atoms. The minimum atomic E-state index is 0.732. The highest BCUT2D eigenvalue weighted by Gasteiger charge is 2.13. The topological polar surface area (TPSA) is 49.9 Å². The molecule has 0 radical (unpaired) electrons. The number of benzene rings is 2. The molecule has 2 aromatic rings. The van der Waals surface area contributed by atoms with E-state index in [2.05, 4.69) is 39.1 Å². The second kappa shape index (κ2) is 7.84. The van der Waals surface area contributed by atoms with Crippen molar-refractivity contribution in [3.8, 4) is 0 Å². The van der Waals surface area contributed by atoms with E-state index in [1.807, 2.05) is 24.3 Å². The molecule has 0 bridgehead atoms. The Bertz CT molecular complexity index is 832. The minimum absolute atomic E-state index is 0.732. The monoisotopic (exact) mass is 334 g/mol. The standard InChI is InChI=1S/C21H22N2S/c1-5-17-14(3)13-20(21(23)18(17)6-2)24-19-11-7-9-16(15(19)4)10-8-12-22/h5-13,22H,1-2,23H2,3-4H3/b10-8-,22-12?. The molecular weight excluding hydrogens is 312 g/mol. The number of rotatable bonds is 6. The average molecular weight is 334 g/mol. The van der Waals surface area contributed by atoms with Crippen molar-refractivity contribution < 1.29 is 0 Å². The van der Waals surface area contributed by atoms with E-state index < -0.39 is 0 Å². The zero-order valence-corrected chi connectivity index (χ0v) is 14.9. The number of hydrogen-bond acceptors (Lipinski definition) is 3. The maximum Gasteiger partial charge on any atom is 0.0535 e. The van der Waals surface area contributed by atoms with Gasteiger partial charge in [-0.2, -0.15) is 0 Å². The molecule has 0 aromatic heterocycles. The molecule has 2 rings (SSSR count). The summed E-state index contributed by atoms with van der Waals surface area (Å²) in [4.78, 5) is 2.17. The van der Waals surface area contributed by atoms with Crippen LogP contribution in [0.15, 0.2) is 53.3 Å². The molecule has 0 atom stereocenters. The molecule has 0 saturated heterocycles. The maximum absolute atomic E-state index is 7.14. The van der Waals surface area contributed by atoms with Gasteiger partial charge >= 0.3 is 0 Å². The second-order valence-corrected chi connectivity index (χ2v) is 6.52. The number of anilines is 1. The summed E-state index contributed by atoms with van der Waals surface area (Å²) in [6.07, 6.45) is 8.57. The van der Waals surface area contributed by atoms with Gasteiger partial charge in [-0.15, -0.1) is 0 Å². The van der Waals surface area contributed by atoms with Crippen LogP contribution < -0.4 is 5.73 Å². The minimum Gasteiger partial charge on any atom is -0.397 e. The molecule has 0 unspecified atom stereocenters. The van der Waals surface area contributed by atoms with E-state index in [0.29, 0.717) is 0 Å². The summed E-state index contributed by atoms with van der Waals surface area (Å²) in [5.74, 6) is 0. The van der Waals surface area contributed by atoms with Crippen molar-refractivity contribution in [3.05, 3.63) is 71.3 Å². The van der Waals surface area contributed by atoms with Crippen LogP contribution in [-0.4, -0.2) is 6.21 Å². The van der Waals surface area contributed by atoms with E-state index in [9.17, 15) is 0 Å². The quantitative estimate of drug-likeness (QED) is 0.504. The van der Waals surface area contributed by atoms with E-state index in [1.165, 1.54) is 11.8 Å². The number of hydrogen-bond donors (Lipinski definition) is 2. The predicted octanol–water partition coefficient (Wildman–Crippen LogP) is 5.99. The van der Waals surface area contributed by atoms with E-state index in [-0.39, 0.29) is 0 Å². The summed E-state index contributed by atoms with van der Waals surface area (Å²) >= 11 is 1.65. The number of allylic oxidation sites excluding steroid dienone is 1. The molecule has 0 saturated carbocycles. The van der Waals surface area contributed by atoms with Crippen LogP contribution in [0.1, 0.15) is 27.8 Å². The van der Waals surface area contributed by atoms with Crippen LogP contribution in [-0.2, 0) is 0 Å². The van der Waals surface area contributed by atoms with Gasteiger partial charge in [-0.1, -0.05) is 55.3 Å². The van der Waals surface area contributed by atoms with Gasteiger partial charge in [0.25, 0.3) is 0 Å². The van der Waals surface area contributed by atoms with Crippen molar-refractivity contribution in [2.24, 2.45) is 0 Å². The lowest BCUT2D eigenvalue weighted by molar-refractivity contribution is 1.27. The maximum atomic E-state index is 7.14. The van der Waals surface area contributed by atoms with Crippen LogP contribution in [0.2, 0.25) is 0 Å². The Kier molecular flexibility index (Phi) is 5.83. The average Bonchev–Trinajstić information content (AvgIpc) is 2.58. The molecule has 0 aliphatic heterocycles. The molecule has 122 valence electrons. The van der Waals surface area contributed by atoms with E-state index >= 15 is 0 Å². The first-order valence-corrected chi connectivity index (χ1v) is 8.47. The van der Waals surface area contributed by atoms with Gasteiger partial charge in [-0.25, -0.2) is 0 Å². The summed E-state index contributed by atoms with van der Waals surface area (Å²) in [5, 5.41) is 7.14. The van der Waals surface area contributed by atoms with E-state index in [1.54, 1.807) is 23.9 Å². The summed E-state index contributed by atoms with van der Waals surface area (Å²) in [7, 11) is 0. The Morgan fingerprint density at radius 1 is 1.08 bits per heavy atom. The Morgan fingerprint density at radius 3 is 2.42 bits per heavy atom. The van der Waals surface area contributed by atoms with Crippen molar-refractivity contribution in [3.63, 3.8) is 0 Å². The molecule has 3 heteroatoms. The predicted molar refractivity (Wildman–Crippen MR) is 109 cm³/mol. The number of aryl methyl sites for hydroxylation is 1. The van der Waals surface area contributed by atoms with E-state index in [4.69, 9.17) is 11.1 Å². The number of nitrogens with one attached hydrogen (secondary N) is 1. The molecule has 0 heterocycles. The van der Waals surface area contributed by atoms with Gasteiger partial charge in [-0.3, -0.25) is 0 Å². The fraction of sp³-hybridized carbons (Fsp3) is 0.0952. The molecule has 0 aliphatic rings. The summed E-state index contributed by atoms with van der Waals surface area (Å²) in [5.41, 5.74) is 12.5. The molecule has 0 aliphatic carbocycles. The molecule has 3 N–H and O–H groups in total. The lowest BCUT2D eigenvalue weighted by Crippen LogP contribution is -1.98. The molecule has 0 amide bonds. The van der Waals surface area contributed by atoms with Crippen LogP contribution in [0.4, 0.5) is 5.69 Å². The SMILES string of the molecule is C=Cc1c(C)cc(Sc2cccc(/C=C\C=N)c2C)c(N)c1C=C. The van der Waals surface area contributed by atoms with E-state index in [0.717, 1.165) is 37.7 Å². The van der Waals surface area contributed by atoms with Gasteiger partial charge in [-0.05, 0) is 54.3 Å². The molecule has 0 fully saturated rings. The van der Waals surface area contributed by atoms with Gasteiger partial charge in [0.05, 0.1) is 5.69 Å². The van der Waals surface area contributed by atoms with Crippen molar-refractivity contribution in [2.75, 3.05) is 5.73 Å². The summed E-state index contributed by atoms with van der Waals surface area (Å²) in [6, 6.07) is 8.26. The zero-order chi connectivity index (χ0) is 17.7. The third-order valence-corrected chi connectivity index (χ3v) is 5.16. The van der Waals surface area contributed by atoms with Crippen LogP contribution in [0.3, 0.4) is 0 Å². The molecule has 24 heavy (non-hydrogen) atoms. The van der Waals surface area contributed by atoms with Gasteiger partial charge in [0.1, 0.15) is 0 Å². The van der Waals surface area contributed by atoms with Gasteiger partial charge < -0.3 is 11.1 Å². The molecule has 2 nitrogen and oxygen atoms in total. The Hall–Kier alpha value is -2.52. The summed E-state index contributed by atoms with van der Waals surface area (Å²) < 4.78 is 0. The lowest BCUT2D eigenvalue weighted by Gasteiger charge is -2.15. The first kappa shape index (κ1) is 17.8. The zero-order valence-electron chi connectivity index (χ0n) is 14.1. The third kappa shape index (κ3) is 3.52. The Labute approximate surface area is 148 Å². The van der Waals surface area contributed by atoms with Gasteiger partial charge in [0.15, 0.2) is 0 Å². The normalized spacial score (nSPS) is 10.8. The first-order valence-electron chi connectivity index (χ1n) is 7.66. The Balaban J connectivity index is 2.51. The molecular formula is C21H22N2S. The van der Waals surface area contributed by atoms with Crippen molar-refractivity contribution in [1.29, 1.82) is 5.41 Å².